The number of nitrogens with zero attached hydrogens (tertiary/aromatic N) is 1. The molecule has 0 radical (unpaired) electrons. The number of rotatable bonds is 4. The maximum atomic E-state index is 11.8. The van der Waals surface area contributed by atoms with Crippen LogP contribution < -0.4 is 0 Å². The van der Waals surface area contributed by atoms with Crippen LogP contribution in [-0.2, 0) is 9.53 Å². The van der Waals surface area contributed by atoms with Gasteiger partial charge in [0.05, 0.1) is 0 Å². The molecule has 1 fully saturated rings. The van der Waals surface area contributed by atoms with Crippen LogP contribution in [0.3, 0.4) is 0 Å². The fraction of sp³-hybridized carbons (Fsp3) is 0.800. The number of likely N-dealkylation sites (tertiary alicyclic amines) is 1. The van der Waals surface area contributed by atoms with E-state index in [2.05, 4.69) is 31.9 Å². The van der Waals surface area contributed by atoms with Gasteiger partial charge in [-0.15, -0.1) is 0 Å². The summed E-state index contributed by atoms with van der Waals surface area (Å²) >= 11 is 0. The molecular formula is C15H25NO2. The van der Waals surface area contributed by atoms with E-state index in [1.54, 1.807) is 0 Å². The van der Waals surface area contributed by atoms with Gasteiger partial charge in [-0.2, -0.15) is 0 Å². The number of hydrogen-bond donors (Lipinski definition) is 0. The molecule has 3 heteroatoms. The molecule has 3 atom stereocenters. The van der Waals surface area contributed by atoms with Crippen LogP contribution in [0.2, 0.25) is 0 Å². The molecular weight excluding hydrogens is 226 g/mol. The van der Waals surface area contributed by atoms with Gasteiger partial charge in [-0.1, -0.05) is 20.3 Å². The second-order valence-corrected chi connectivity index (χ2v) is 5.88. The third kappa shape index (κ3) is 3.14. The van der Waals surface area contributed by atoms with E-state index in [4.69, 9.17) is 4.74 Å². The molecule has 0 spiro atoms. The van der Waals surface area contributed by atoms with Gasteiger partial charge in [0.2, 0.25) is 0 Å². The summed E-state index contributed by atoms with van der Waals surface area (Å²) in [4.78, 5) is 14.1. The van der Waals surface area contributed by atoms with Gasteiger partial charge in [0.25, 0.3) is 0 Å². The molecule has 1 aliphatic carbocycles. The summed E-state index contributed by atoms with van der Waals surface area (Å²) in [6.45, 7) is 5.37. The predicted octanol–water partition coefficient (Wildman–Crippen LogP) is 2.96. The topological polar surface area (TPSA) is 29.5 Å². The normalized spacial score (nSPS) is 29.6. The summed E-state index contributed by atoms with van der Waals surface area (Å²) in [5, 5.41) is 0. The first-order valence-electron chi connectivity index (χ1n) is 7.21. The molecule has 0 aromatic heterocycles. The molecule has 0 aromatic rings. The number of likely N-dealkylation sites (N-methyl/N-ethyl adjacent to an activating group) is 1. The van der Waals surface area contributed by atoms with Gasteiger partial charge in [0, 0.05) is 18.9 Å². The number of allylic oxidation sites excluding steroid dienone is 1. The van der Waals surface area contributed by atoms with E-state index in [0.29, 0.717) is 18.4 Å². The quantitative estimate of drug-likeness (QED) is 0.719. The average Bonchev–Trinajstić information content (AvgIpc) is 2.71. The van der Waals surface area contributed by atoms with E-state index >= 15 is 0 Å². The molecule has 1 saturated heterocycles. The van der Waals surface area contributed by atoms with Crippen molar-refractivity contribution in [2.75, 3.05) is 13.6 Å². The SMILES string of the molecule is CCC(C)CC(=O)OC1=CC2C(CC1)CCN2C. The average molecular weight is 251 g/mol. The molecule has 1 heterocycles. The maximum absolute atomic E-state index is 11.8. The van der Waals surface area contributed by atoms with Gasteiger partial charge in [0.15, 0.2) is 0 Å². The highest BCUT2D eigenvalue weighted by Gasteiger charge is 2.33. The Labute approximate surface area is 110 Å². The van der Waals surface area contributed by atoms with E-state index in [9.17, 15) is 4.79 Å². The summed E-state index contributed by atoms with van der Waals surface area (Å²) < 4.78 is 5.52. The zero-order valence-corrected chi connectivity index (χ0v) is 11.8. The number of ether oxygens (including phenoxy) is 1. The Morgan fingerprint density at radius 1 is 1.56 bits per heavy atom. The Bertz CT molecular complexity index is 337. The number of carbonyl (C=O) groups excluding carboxylic acids is 1. The highest BCUT2D eigenvalue weighted by molar-refractivity contribution is 5.70. The van der Waals surface area contributed by atoms with Gasteiger partial charge >= 0.3 is 5.97 Å². The molecule has 102 valence electrons. The lowest BCUT2D eigenvalue weighted by Gasteiger charge is -2.27. The van der Waals surface area contributed by atoms with E-state index in [1.807, 2.05) is 0 Å². The smallest absolute Gasteiger partial charge is 0.311 e. The van der Waals surface area contributed by atoms with E-state index in [-0.39, 0.29) is 5.97 Å². The molecule has 3 nitrogen and oxygen atoms in total. The third-order valence-electron chi connectivity index (χ3n) is 4.42. The highest BCUT2D eigenvalue weighted by atomic mass is 16.5. The van der Waals surface area contributed by atoms with E-state index < -0.39 is 0 Å². The minimum atomic E-state index is -0.0605. The van der Waals surface area contributed by atoms with E-state index in [1.165, 1.54) is 13.0 Å². The van der Waals surface area contributed by atoms with Crippen LogP contribution in [-0.4, -0.2) is 30.5 Å². The number of hydrogen-bond acceptors (Lipinski definition) is 3. The highest BCUT2D eigenvalue weighted by Crippen LogP contribution is 2.34. The Kier molecular flexibility index (Phi) is 4.44. The first-order valence-corrected chi connectivity index (χ1v) is 7.21. The minimum absolute atomic E-state index is 0.0605. The molecule has 0 amide bonds. The third-order valence-corrected chi connectivity index (χ3v) is 4.42. The Hall–Kier alpha value is -0.830. The van der Waals surface area contributed by atoms with Crippen molar-refractivity contribution in [3.8, 4) is 0 Å². The van der Waals surface area contributed by atoms with Crippen LogP contribution in [0.5, 0.6) is 0 Å². The molecule has 2 rings (SSSR count). The van der Waals surface area contributed by atoms with Crippen LogP contribution in [0.1, 0.15) is 46.0 Å². The van der Waals surface area contributed by atoms with Gasteiger partial charge in [-0.05, 0) is 44.3 Å². The van der Waals surface area contributed by atoms with Crippen molar-refractivity contribution >= 4 is 5.97 Å². The zero-order valence-electron chi connectivity index (χ0n) is 11.8. The first kappa shape index (κ1) is 13.6. The van der Waals surface area contributed by atoms with Crippen LogP contribution in [0.4, 0.5) is 0 Å². The molecule has 1 aliphatic heterocycles. The maximum Gasteiger partial charge on any atom is 0.311 e. The minimum Gasteiger partial charge on any atom is -0.431 e. The fourth-order valence-corrected chi connectivity index (χ4v) is 2.93. The summed E-state index contributed by atoms with van der Waals surface area (Å²) in [6, 6.07) is 0.491. The lowest BCUT2D eigenvalue weighted by atomic mass is 9.89. The molecule has 0 N–H and O–H groups in total. The van der Waals surface area contributed by atoms with Gasteiger partial charge in [-0.25, -0.2) is 0 Å². The van der Waals surface area contributed by atoms with Crippen molar-refractivity contribution in [2.24, 2.45) is 11.8 Å². The molecule has 0 aromatic carbocycles. The van der Waals surface area contributed by atoms with Crippen molar-refractivity contribution < 1.29 is 9.53 Å². The van der Waals surface area contributed by atoms with Crippen molar-refractivity contribution in [1.29, 1.82) is 0 Å². The fourth-order valence-electron chi connectivity index (χ4n) is 2.93. The molecule has 18 heavy (non-hydrogen) atoms. The largest absolute Gasteiger partial charge is 0.431 e. The van der Waals surface area contributed by atoms with Crippen LogP contribution in [0, 0.1) is 11.8 Å². The van der Waals surface area contributed by atoms with Crippen molar-refractivity contribution in [1.82, 2.24) is 4.90 Å². The van der Waals surface area contributed by atoms with Crippen molar-refractivity contribution in [2.45, 2.75) is 52.0 Å². The second-order valence-electron chi connectivity index (χ2n) is 5.88. The lowest BCUT2D eigenvalue weighted by Crippen LogP contribution is -2.30. The Morgan fingerprint density at radius 3 is 3.06 bits per heavy atom. The second kappa shape index (κ2) is 5.87. The lowest BCUT2D eigenvalue weighted by molar-refractivity contribution is -0.140. The van der Waals surface area contributed by atoms with Crippen LogP contribution >= 0.6 is 0 Å². The van der Waals surface area contributed by atoms with Crippen molar-refractivity contribution in [3.05, 3.63) is 11.8 Å². The predicted molar refractivity (Wildman–Crippen MR) is 72.0 cm³/mol. The van der Waals surface area contributed by atoms with Crippen LogP contribution in [0.15, 0.2) is 11.8 Å². The van der Waals surface area contributed by atoms with Gasteiger partial charge in [-0.3, -0.25) is 9.69 Å². The summed E-state index contributed by atoms with van der Waals surface area (Å²) in [5.74, 6) is 2.03. The number of fused-ring (bicyclic) bond motifs is 1. The summed E-state index contributed by atoms with van der Waals surface area (Å²) in [6.07, 6.45) is 7.12. The number of carbonyl (C=O) groups is 1. The standard InChI is InChI=1S/C15H25NO2/c1-4-11(2)9-15(17)18-13-6-5-12-7-8-16(3)14(12)10-13/h10-12,14H,4-9H2,1-3H3. The molecule has 2 aliphatic rings. The Morgan fingerprint density at radius 2 is 2.33 bits per heavy atom. The molecule has 0 saturated carbocycles. The monoisotopic (exact) mass is 251 g/mol. The van der Waals surface area contributed by atoms with Gasteiger partial charge < -0.3 is 4.74 Å². The molecule has 0 bridgehead atoms. The summed E-state index contributed by atoms with van der Waals surface area (Å²) in [5.41, 5.74) is 0. The van der Waals surface area contributed by atoms with E-state index in [0.717, 1.165) is 30.9 Å². The number of esters is 1. The van der Waals surface area contributed by atoms with Crippen LogP contribution in [0.25, 0.3) is 0 Å². The Balaban J connectivity index is 1.90. The molecule has 3 unspecified atom stereocenters. The summed E-state index contributed by atoms with van der Waals surface area (Å²) in [7, 11) is 2.16. The zero-order chi connectivity index (χ0) is 13.1. The van der Waals surface area contributed by atoms with Gasteiger partial charge in [0.1, 0.15) is 5.76 Å². The first-order chi connectivity index (χ1) is 8.60. The van der Waals surface area contributed by atoms with Crippen molar-refractivity contribution in [3.63, 3.8) is 0 Å².